The predicted molar refractivity (Wildman–Crippen MR) is 74.0 cm³/mol. The average Bonchev–Trinajstić information content (AvgIpc) is 2.44. The summed E-state index contributed by atoms with van der Waals surface area (Å²) in [5.41, 5.74) is -0.371. The summed E-state index contributed by atoms with van der Waals surface area (Å²) in [5, 5.41) is 8.62. The molecule has 1 aromatic heterocycles. The van der Waals surface area contributed by atoms with Gasteiger partial charge in [-0.1, -0.05) is 6.92 Å². The molecule has 112 valence electrons. The first-order valence-corrected chi connectivity index (χ1v) is 7.87. The molecule has 1 heterocycles. The summed E-state index contributed by atoms with van der Waals surface area (Å²) in [7, 11) is -3.39. The van der Waals surface area contributed by atoms with Gasteiger partial charge in [0.2, 0.25) is 0 Å². The lowest BCUT2D eigenvalue weighted by molar-refractivity contribution is -0.136. The fourth-order valence-electron chi connectivity index (χ4n) is 1.76. The first-order valence-electron chi connectivity index (χ1n) is 6.22. The van der Waals surface area contributed by atoms with E-state index in [1.54, 1.807) is 0 Å². The summed E-state index contributed by atoms with van der Waals surface area (Å²) in [6, 6.07) is 4.04. The van der Waals surface area contributed by atoms with E-state index >= 15 is 0 Å². The number of carboxylic acids is 1. The van der Waals surface area contributed by atoms with Gasteiger partial charge in [0.15, 0.2) is 15.4 Å². The Morgan fingerprint density at radius 3 is 2.71 bits per heavy atom. The van der Waals surface area contributed by atoms with Crippen LogP contribution in [0.4, 0.5) is 0 Å². The van der Waals surface area contributed by atoms with Crippen molar-refractivity contribution >= 4 is 26.9 Å². The number of hydrogen-bond acceptors (Lipinski definition) is 6. The molecule has 1 N–H and O–H groups in total. The van der Waals surface area contributed by atoms with Gasteiger partial charge in [0, 0.05) is 6.42 Å². The number of benzene rings is 1. The summed E-state index contributed by atoms with van der Waals surface area (Å²) in [5.74, 6) is -1.11. The summed E-state index contributed by atoms with van der Waals surface area (Å²) in [4.78, 5) is 26.3. The van der Waals surface area contributed by atoms with Gasteiger partial charge >= 0.3 is 11.6 Å². The molecule has 0 aliphatic rings. The SMILES string of the molecule is CCS(=O)(=O)c1ccc2oc(=O)c(CCC(=O)O)nc2c1. The normalized spacial score (nSPS) is 11.7. The van der Waals surface area contributed by atoms with Gasteiger partial charge in [0.05, 0.1) is 17.1 Å². The standard InChI is InChI=1S/C13H13NO6S/c1-2-21(18,19)8-3-5-11-10(7-8)14-9(13(17)20-11)4-6-12(15)16/h3,5,7H,2,4,6H2,1H3,(H,15,16). The first kappa shape index (κ1) is 15.2. The molecule has 0 aliphatic carbocycles. The quantitative estimate of drug-likeness (QED) is 0.875. The minimum atomic E-state index is -3.39. The third kappa shape index (κ3) is 3.27. The number of aryl methyl sites for hydroxylation is 1. The zero-order valence-corrected chi connectivity index (χ0v) is 12.0. The van der Waals surface area contributed by atoms with Crippen LogP contribution in [0.25, 0.3) is 11.1 Å². The van der Waals surface area contributed by atoms with Crippen LogP contribution in [-0.2, 0) is 21.1 Å². The molecule has 0 unspecified atom stereocenters. The molecule has 0 radical (unpaired) electrons. The highest BCUT2D eigenvalue weighted by atomic mass is 32.2. The van der Waals surface area contributed by atoms with Crippen molar-refractivity contribution in [1.82, 2.24) is 4.98 Å². The van der Waals surface area contributed by atoms with Gasteiger partial charge in [-0.15, -0.1) is 0 Å². The van der Waals surface area contributed by atoms with E-state index in [9.17, 15) is 18.0 Å². The fraction of sp³-hybridized carbons (Fsp3) is 0.308. The number of hydrogen-bond donors (Lipinski definition) is 1. The number of nitrogens with zero attached hydrogens (tertiary/aromatic N) is 1. The van der Waals surface area contributed by atoms with Crippen molar-refractivity contribution in [2.75, 3.05) is 5.75 Å². The van der Waals surface area contributed by atoms with Crippen LogP contribution in [0.3, 0.4) is 0 Å². The number of sulfone groups is 1. The molecule has 0 saturated carbocycles. The lowest BCUT2D eigenvalue weighted by Crippen LogP contribution is -2.12. The van der Waals surface area contributed by atoms with Gasteiger partial charge < -0.3 is 9.52 Å². The highest BCUT2D eigenvalue weighted by molar-refractivity contribution is 7.91. The Hall–Kier alpha value is -2.22. The molecule has 2 aromatic rings. The van der Waals surface area contributed by atoms with Crippen LogP contribution >= 0.6 is 0 Å². The largest absolute Gasteiger partial charge is 0.481 e. The Bertz CT molecular complexity index is 853. The van der Waals surface area contributed by atoms with Gasteiger partial charge in [-0.05, 0) is 18.2 Å². The summed E-state index contributed by atoms with van der Waals surface area (Å²) >= 11 is 0. The number of fused-ring (bicyclic) bond motifs is 1. The summed E-state index contributed by atoms with van der Waals surface area (Å²) < 4.78 is 28.6. The minimum Gasteiger partial charge on any atom is -0.481 e. The monoisotopic (exact) mass is 311 g/mol. The van der Waals surface area contributed by atoms with Crippen LogP contribution in [0, 0.1) is 0 Å². The molecule has 0 amide bonds. The summed E-state index contributed by atoms with van der Waals surface area (Å²) in [6.45, 7) is 1.52. The van der Waals surface area contributed by atoms with Crippen molar-refractivity contribution in [2.24, 2.45) is 0 Å². The van der Waals surface area contributed by atoms with Crippen LogP contribution in [0.2, 0.25) is 0 Å². The maximum Gasteiger partial charge on any atom is 0.358 e. The zero-order chi connectivity index (χ0) is 15.6. The van der Waals surface area contributed by atoms with Crippen LogP contribution in [0.15, 0.2) is 32.3 Å². The molecular formula is C13H13NO6S. The Kier molecular flexibility index (Phi) is 4.08. The van der Waals surface area contributed by atoms with Crippen molar-refractivity contribution in [3.05, 3.63) is 34.3 Å². The molecule has 0 spiro atoms. The molecule has 0 aliphatic heterocycles. The zero-order valence-electron chi connectivity index (χ0n) is 11.2. The van der Waals surface area contributed by atoms with Crippen LogP contribution < -0.4 is 5.63 Å². The van der Waals surface area contributed by atoms with Gasteiger partial charge in [0.25, 0.3) is 0 Å². The van der Waals surface area contributed by atoms with Gasteiger partial charge in [-0.2, -0.15) is 0 Å². The molecule has 0 atom stereocenters. The lowest BCUT2D eigenvalue weighted by Gasteiger charge is -2.04. The van der Waals surface area contributed by atoms with E-state index in [0.29, 0.717) is 0 Å². The second-order valence-corrected chi connectivity index (χ2v) is 6.65. The molecule has 0 fully saturated rings. The van der Waals surface area contributed by atoms with E-state index in [0.717, 1.165) is 0 Å². The Morgan fingerprint density at radius 1 is 1.38 bits per heavy atom. The first-order chi connectivity index (χ1) is 9.83. The second kappa shape index (κ2) is 5.65. The minimum absolute atomic E-state index is 0.0315. The lowest BCUT2D eigenvalue weighted by atomic mass is 10.2. The van der Waals surface area contributed by atoms with E-state index in [1.165, 1.54) is 25.1 Å². The smallest absolute Gasteiger partial charge is 0.358 e. The van der Waals surface area contributed by atoms with Gasteiger partial charge in [-0.3, -0.25) is 4.79 Å². The van der Waals surface area contributed by atoms with Crippen LogP contribution in [0.5, 0.6) is 0 Å². The average molecular weight is 311 g/mol. The van der Waals surface area contributed by atoms with E-state index in [2.05, 4.69) is 4.98 Å². The predicted octanol–water partition coefficient (Wildman–Crippen LogP) is 0.999. The van der Waals surface area contributed by atoms with Crippen molar-refractivity contribution in [3.63, 3.8) is 0 Å². The number of carbonyl (C=O) groups is 1. The number of carboxylic acid groups (broad SMARTS) is 1. The molecule has 7 nitrogen and oxygen atoms in total. The number of rotatable bonds is 5. The third-order valence-electron chi connectivity index (χ3n) is 2.94. The Labute approximate surface area is 120 Å². The molecular weight excluding hydrogens is 298 g/mol. The van der Waals surface area contributed by atoms with Crippen molar-refractivity contribution in [2.45, 2.75) is 24.7 Å². The van der Waals surface area contributed by atoms with Crippen molar-refractivity contribution < 1.29 is 22.7 Å². The van der Waals surface area contributed by atoms with E-state index in [-0.39, 0.29) is 40.3 Å². The molecule has 0 bridgehead atoms. The third-order valence-corrected chi connectivity index (χ3v) is 4.67. The van der Waals surface area contributed by atoms with Crippen molar-refractivity contribution in [1.29, 1.82) is 0 Å². The molecule has 0 saturated heterocycles. The molecule has 8 heteroatoms. The Balaban J connectivity index is 2.53. The van der Waals surface area contributed by atoms with E-state index in [1.807, 2.05) is 0 Å². The van der Waals surface area contributed by atoms with Crippen LogP contribution in [0.1, 0.15) is 19.0 Å². The van der Waals surface area contributed by atoms with Crippen LogP contribution in [-0.4, -0.2) is 30.2 Å². The van der Waals surface area contributed by atoms with Gasteiger partial charge in [-0.25, -0.2) is 18.2 Å². The maximum atomic E-state index is 11.8. The highest BCUT2D eigenvalue weighted by Gasteiger charge is 2.15. The van der Waals surface area contributed by atoms with Crippen molar-refractivity contribution in [3.8, 4) is 0 Å². The topological polar surface area (TPSA) is 115 Å². The fourth-order valence-corrected chi connectivity index (χ4v) is 2.66. The highest BCUT2D eigenvalue weighted by Crippen LogP contribution is 2.18. The molecule has 2 rings (SSSR count). The van der Waals surface area contributed by atoms with E-state index in [4.69, 9.17) is 9.52 Å². The number of aromatic nitrogens is 1. The van der Waals surface area contributed by atoms with Gasteiger partial charge in [0.1, 0.15) is 11.2 Å². The summed E-state index contributed by atoms with van der Waals surface area (Å²) in [6.07, 6.45) is -0.325. The Morgan fingerprint density at radius 2 is 2.10 bits per heavy atom. The molecule has 1 aromatic carbocycles. The second-order valence-electron chi connectivity index (χ2n) is 4.37. The number of aliphatic carboxylic acids is 1. The van der Waals surface area contributed by atoms with E-state index < -0.39 is 21.4 Å². The maximum absolute atomic E-state index is 11.8. The molecule has 21 heavy (non-hydrogen) atoms.